The molecular formula is C10H5ClF8. The highest BCUT2D eigenvalue weighted by molar-refractivity contribution is 6.21. The molecule has 0 heterocycles. The Morgan fingerprint density at radius 3 is 1.84 bits per heavy atom. The van der Waals surface area contributed by atoms with E-state index in [0.717, 1.165) is 0 Å². The van der Waals surface area contributed by atoms with Crippen molar-refractivity contribution in [3.05, 3.63) is 35.4 Å². The number of benzene rings is 1. The monoisotopic (exact) mass is 312 g/mol. The van der Waals surface area contributed by atoms with E-state index in [9.17, 15) is 35.1 Å². The molecule has 1 aromatic carbocycles. The lowest BCUT2D eigenvalue weighted by Gasteiger charge is -2.24. The van der Waals surface area contributed by atoms with E-state index in [1.165, 1.54) is 0 Å². The van der Waals surface area contributed by atoms with Crippen molar-refractivity contribution in [2.75, 3.05) is 0 Å². The summed E-state index contributed by atoms with van der Waals surface area (Å²) in [6, 6.07) is 2.09. The molecule has 0 N–H and O–H groups in total. The highest BCUT2D eigenvalue weighted by Gasteiger charge is 2.62. The summed E-state index contributed by atoms with van der Waals surface area (Å²) in [5.74, 6) is -5.33. The van der Waals surface area contributed by atoms with Crippen LogP contribution >= 0.6 is 11.6 Å². The SMILES string of the molecule is FC(F)(F)c1cccc(C(Cl)C(F)(F)C(F)(F)F)c1. The van der Waals surface area contributed by atoms with E-state index in [1.807, 2.05) is 0 Å². The molecule has 0 bridgehead atoms. The largest absolute Gasteiger partial charge is 0.455 e. The normalized spacial score (nSPS) is 15.4. The number of halogens is 9. The quantitative estimate of drug-likeness (QED) is 0.521. The van der Waals surface area contributed by atoms with Crippen LogP contribution in [0.25, 0.3) is 0 Å². The second-order valence-electron chi connectivity index (χ2n) is 3.61. The molecule has 1 unspecified atom stereocenters. The van der Waals surface area contributed by atoms with Crippen molar-refractivity contribution in [1.29, 1.82) is 0 Å². The zero-order valence-electron chi connectivity index (χ0n) is 8.79. The van der Waals surface area contributed by atoms with Gasteiger partial charge in [0.2, 0.25) is 0 Å². The summed E-state index contributed by atoms with van der Waals surface area (Å²) in [4.78, 5) is 0. The minimum Gasteiger partial charge on any atom is -0.194 e. The standard InChI is InChI=1S/C10H5ClF8/c11-7(8(12,13)10(17,18)19)5-2-1-3-6(4-5)9(14,15)16/h1-4,7H. The molecule has 0 amide bonds. The molecule has 0 saturated carbocycles. The summed E-state index contributed by atoms with van der Waals surface area (Å²) in [6.07, 6.45) is -10.8. The molecule has 1 atom stereocenters. The minimum atomic E-state index is -5.95. The summed E-state index contributed by atoms with van der Waals surface area (Å²) in [5, 5.41) is -2.94. The molecule has 0 aromatic heterocycles. The van der Waals surface area contributed by atoms with Crippen LogP contribution in [0.5, 0.6) is 0 Å². The molecule has 0 fully saturated rings. The molecule has 9 heteroatoms. The van der Waals surface area contributed by atoms with Gasteiger partial charge in [-0.3, -0.25) is 0 Å². The lowest BCUT2D eigenvalue weighted by molar-refractivity contribution is -0.283. The van der Waals surface area contributed by atoms with E-state index >= 15 is 0 Å². The Morgan fingerprint density at radius 1 is 0.895 bits per heavy atom. The second-order valence-corrected chi connectivity index (χ2v) is 4.04. The first-order valence-electron chi connectivity index (χ1n) is 4.63. The van der Waals surface area contributed by atoms with Crippen LogP contribution in [0, 0.1) is 0 Å². The van der Waals surface area contributed by atoms with Crippen LogP contribution in [-0.2, 0) is 6.18 Å². The molecule has 0 spiro atoms. The molecule has 108 valence electrons. The molecule has 0 aliphatic heterocycles. The summed E-state index contributed by atoms with van der Waals surface area (Å²) >= 11 is 4.97. The summed E-state index contributed by atoms with van der Waals surface area (Å²) in [5.41, 5.74) is -2.31. The third kappa shape index (κ3) is 3.29. The third-order valence-corrected chi connectivity index (χ3v) is 2.73. The van der Waals surface area contributed by atoms with Crippen molar-refractivity contribution < 1.29 is 35.1 Å². The van der Waals surface area contributed by atoms with Crippen molar-refractivity contribution in [3.63, 3.8) is 0 Å². The van der Waals surface area contributed by atoms with Gasteiger partial charge in [-0.1, -0.05) is 18.2 Å². The smallest absolute Gasteiger partial charge is 0.194 e. The summed E-state index contributed by atoms with van der Waals surface area (Å²) in [6.45, 7) is 0. The molecule has 0 radical (unpaired) electrons. The lowest BCUT2D eigenvalue weighted by atomic mass is 10.0. The van der Waals surface area contributed by atoms with E-state index in [4.69, 9.17) is 11.6 Å². The van der Waals surface area contributed by atoms with Crippen LogP contribution in [0.1, 0.15) is 16.5 Å². The maximum atomic E-state index is 12.9. The molecule has 0 aliphatic rings. The fourth-order valence-corrected chi connectivity index (χ4v) is 1.49. The Bertz CT molecular complexity index is 448. The highest BCUT2D eigenvalue weighted by atomic mass is 35.5. The van der Waals surface area contributed by atoms with E-state index in [2.05, 4.69) is 0 Å². The fraction of sp³-hybridized carbons (Fsp3) is 0.400. The van der Waals surface area contributed by atoms with Gasteiger partial charge in [0.15, 0.2) is 0 Å². The summed E-state index contributed by atoms with van der Waals surface area (Å²) < 4.78 is 98.9. The van der Waals surface area contributed by atoms with Gasteiger partial charge in [-0.05, 0) is 11.6 Å². The zero-order valence-corrected chi connectivity index (χ0v) is 9.54. The first-order chi connectivity index (χ1) is 8.37. The molecule has 0 nitrogen and oxygen atoms in total. The Morgan fingerprint density at radius 2 is 1.42 bits per heavy atom. The van der Waals surface area contributed by atoms with Crippen LogP contribution in [0.15, 0.2) is 24.3 Å². The first-order valence-corrected chi connectivity index (χ1v) is 5.07. The molecule has 0 aliphatic carbocycles. The number of rotatable bonds is 2. The molecule has 1 aromatic rings. The van der Waals surface area contributed by atoms with E-state index in [-0.39, 0.29) is 6.07 Å². The maximum Gasteiger partial charge on any atom is 0.455 e. The van der Waals surface area contributed by atoms with Crippen molar-refractivity contribution in [2.45, 2.75) is 23.7 Å². The van der Waals surface area contributed by atoms with Crippen LogP contribution in [0.4, 0.5) is 35.1 Å². The van der Waals surface area contributed by atoms with Gasteiger partial charge >= 0.3 is 18.3 Å². The molecule has 0 saturated heterocycles. The second kappa shape index (κ2) is 4.81. The third-order valence-electron chi connectivity index (χ3n) is 2.20. The van der Waals surface area contributed by atoms with Gasteiger partial charge in [0.05, 0.1) is 5.56 Å². The van der Waals surface area contributed by atoms with Crippen LogP contribution in [-0.4, -0.2) is 12.1 Å². The predicted octanol–water partition coefficient (Wildman–Crippen LogP) is 5.18. The topological polar surface area (TPSA) is 0 Å². The van der Waals surface area contributed by atoms with Gasteiger partial charge in [0.25, 0.3) is 0 Å². The van der Waals surface area contributed by atoms with Gasteiger partial charge < -0.3 is 0 Å². The Balaban J connectivity index is 3.18. The Kier molecular flexibility index (Phi) is 4.05. The van der Waals surface area contributed by atoms with E-state index in [1.54, 1.807) is 0 Å². The van der Waals surface area contributed by atoms with E-state index < -0.39 is 34.8 Å². The Hall–Kier alpha value is -1.05. The maximum absolute atomic E-state index is 12.9. The minimum absolute atomic E-state index is 0.164. The van der Waals surface area contributed by atoms with Crippen molar-refractivity contribution in [1.82, 2.24) is 0 Å². The van der Waals surface area contributed by atoms with Crippen molar-refractivity contribution in [2.24, 2.45) is 0 Å². The predicted molar refractivity (Wildman–Crippen MR) is 51.0 cm³/mol. The average Bonchev–Trinajstić information content (AvgIpc) is 2.25. The van der Waals surface area contributed by atoms with Gasteiger partial charge in [0, 0.05) is 0 Å². The van der Waals surface area contributed by atoms with Crippen LogP contribution in [0.3, 0.4) is 0 Å². The fourth-order valence-electron chi connectivity index (χ4n) is 1.23. The van der Waals surface area contributed by atoms with Gasteiger partial charge in [-0.25, -0.2) is 0 Å². The first kappa shape index (κ1) is 16.0. The van der Waals surface area contributed by atoms with E-state index in [0.29, 0.717) is 18.2 Å². The number of hydrogen-bond acceptors (Lipinski definition) is 0. The molecule has 19 heavy (non-hydrogen) atoms. The zero-order chi connectivity index (χ0) is 15.1. The van der Waals surface area contributed by atoms with Gasteiger partial charge in [-0.2, -0.15) is 35.1 Å². The van der Waals surface area contributed by atoms with Crippen molar-refractivity contribution >= 4 is 11.6 Å². The Labute approximate surface area is 107 Å². The average molecular weight is 313 g/mol. The molecule has 1 rings (SSSR count). The van der Waals surface area contributed by atoms with Crippen LogP contribution < -0.4 is 0 Å². The summed E-state index contributed by atoms with van der Waals surface area (Å²) in [7, 11) is 0. The molecular weight excluding hydrogens is 308 g/mol. The highest BCUT2D eigenvalue weighted by Crippen LogP contribution is 2.48. The van der Waals surface area contributed by atoms with Crippen LogP contribution in [0.2, 0.25) is 0 Å². The number of alkyl halides is 9. The number of hydrogen-bond donors (Lipinski definition) is 0. The van der Waals surface area contributed by atoms with Gasteiger partial charge in [-0.15, -0.1) is 11.6 Å². The van der Waals surface area contributed by atoms with Gasteiger partial charge in [0.1, 0.15) is 5.38 Å². The van der Waals surface area contributed by atoms with Crippen molar-refractivity contribution in [3.8, 4) is 0 Å². The lowest BCUT2D eigenvalue weighted by Crippen LogP contribution is -2.40.